The third-order valence-electron chi connectivity index (χ3n) is 7.89. The molecular formula is C34H45N5O10. The van der Waals surface area contributed by atoms with Crippen molar-refractivity contribution >= 4 is 41.5 Å². The first-order chi connectivity index (χ1) is 23.2. The lowest BCUT2D eigenvalue weighted by molar-refractivity contribution is -0.144. The van der Waals surface area contributed by atoms with E-state index in [2.05, 4.69) is 21.3 Å². The molecule has 0 fully saturated rings. The lowest BCUT2D eigenvalue weighted by Crippen LogP contribution is -2.59. The summed E-state index contributed by atoms with van der Waals surface area (Å²) in [7, 11) is 0. The van der Waals surface area contributed by atoms with Crippen LogP contribution in [-0.2, 0) is 46.4 Å². The predicted octanol–water partition coefficient (Wildman–Crippen LogP) is 0.599. The van der Waals surface area contributed by atoms with Gasteiger partial charge in [-0.05, 0) is 29.9 Å². The number of aliphatic carboxylic acids is 3. The second kappa shape index (κ2) is 20.1. The number of nitrogens with two attached hydrogens (primary N) is 1. The van der Waals surface area contributed by atoms with E-state index in [4.69, 9.17) is 10.8 Å². The van der Waals surface area contributed by atoms with Crippen molar-refractivity contribution < 1.29 is 48.9 Å². The molecule has 6 atom stereocenters. The summed E-state index contributed by atoms with van der Waals surface area (Å²) in [5.74, 6) is -7.45. The third-order valence-corrected chi connectivity index (χ3v) is 7.89. The third kappa shape index (κ3) is 14.1. The van der Waals surface area contributed by atoms with E-state index in [0.29, 0.717) is 17.5 Å². The molecule has 0 radical (unpaired) electrons. The van der Waals surface area contributed by atoms with E-state index in [0.717, 1.165) is 0 Å². The Morgan fingerprint density at radius 3 is 1.45 bits per heavy atom. The first-order valence-corrected chi connectivity index (χ1v) is 15.9. The van der Waals surface area contributed by atoms with Crippen LogP contribution in [0.3, 0.4) is 0 Å². The van der Waals surface area contributed by atoms with Gasteiger partial charge in [-0.25, -0.2) is 4.79 Å². The average Bonchev–Trinajstić information content (AvgIpc) is 3.07. The van der Waals surface area contributed by atoms with Crippen LogP contribution in [0.1, 0.15) is 57.1 Å². The number of nitrogens with one attached hydrogen (secondary N) is 4. The minimum absolute atomic E-state index is 0.0111. The van der Waals surface area contributed by atoms with Gasteiger partial charge in [-0.2, -0.15) is 0 Å². The van der Waals surface area contributed by atoms with Gasteiger partial charge in [0.2, 0.25) is 23.6 Å². The molecular weight excluding hydrogens is 638 g/mol. The average molecular weight is 684 g/mol. The molecule has 2 aromatic carbocycles. The normalized spacial score (nSPS) is 14.5. The van der Waals surface area contributed by atoms with Gasteiger partial charge in [-0.15, -0.1) is 0 Å². The van der Waals surface area contributed by atoms with E-state index in [-0.39, 0.29) is 25.7 Å². The maximum absolute atomic E-state index is 13.9. The maximum Gasteiger partial charge on any atom is 0.326 e. The van der Waals surface area contributed by atoms with Gasteiger partial charge in [0.1, 0.15) is 24.2 Å². The number of rotatable bonds is 21. The molecule has 4 amide bonds. The molecule has 9 N–H and O–H groups in total. The Bertz CT molecular complexity index is 1440. The SMILES string of the molecule is CC[C@H](C)[C@H](NC(=O)[C@H](Cc1ccccc1)NC(=O)[C@H](Cc1ccccc1)NC(=O)[C@H](CCC(=O)O)NC(=O)[C@@H](N)CCC(=O)O)C(=O)O. The van der Waals surface area contributed by atoms with Crippen molar-refractivity contribution in [3.8, 4) is 0 Å². The van der Waals surface area contributed by atoms with E-state index in [1.165, 1.54) is 0 Å². The molecule has 0 aliphatic heterocycles. The highest BCUT2D eigenvalue weighted by atomic mass is 16.4. The first-order valence-electron chi connectivity index (χ1n) is 15.9. The van der Waals surface area contributed by atoms with Crippen LogP contribution in [0.5, 0.6) is 0 Å². The van der Waals surface area contributed by atoms with Crippen molar-refractivity contribution in [2.45, 2.75) is 89.0 Å². The van der Waals surface area contributed by atoms with E-state index in [1.807, 2.05) is 0 Å². The Hall–Kier alpha value is -5.31. The lowest BCUT2D eigenvalue weighted by Gasteiger charge is -2.27. The fourth-order valence-electron chi connectivity index (χ4n) is 4.83. The fraction of sp³-hybridized carbons (Fsp3) is 0.441. The topological polar surface area (TPSA) is 254 Å². The summed E-state index contributed by atoms with van der Waals surface area (Å²) >= 11 is 0. The summed E-state index contributed by atoms with van der Waals surface area (Å²) in [4.78, 5) is 87.9. The molecule has 15 nitrogen and oxygen atoms in total. The number of carboxylic acids is 3. The molecule has 49 heavy (non-hydrogen) atoms. The molecule has 0 aromatic heterocycles. The van der Waals surface area contributed by atoms with E-state index >= 15 is 0 Å². The first kappa shape index (κ1) is 39.9. The zero-order valence-corrected chi connectivity index (χ0v) is 27.5. The summed E-state index contributed by atoms with van der Waals surface area (Å²) in [6.07, 6.45) is -1.17. The van der Waals surface area contributed by atoms with Gasteiger partial charge in [-0.3, -0.25) is 28.8 Å². The maximum atomic E-state index is 13.9. The van der Waals surface area contributed by atoms with Crippen molar-refractivity contribution in [2.24, 2.45) is 11.7 Å². The van der Waals surface area contributed by atoms with Crippen LogP contribution < -0.4 is 27.0 Å². The Balaban J connectivity index is 2.39. The van der Waals surface area contributed by atoms with E-state index in [9.17, 15) is 43.8 Å². The van der Waals surface area contributed by atoms with Crippen molar-refractivity contribution in [3.63, 3.8) is 0 Å². The van der Waals surface area contributed by atoms with Crippen LogP contribution in [0, 0.1) is 5.92 Å². The fourth-order valence-corrected chi connectivity index (χ4v) is 4.83. The molecule has 0 saturated heterocycles. The van der Waals surface area contributed by atoms with Crippen LogP contribution >= 0.6 is 0 Å². The molecule has 15 heteroatoms. The Morgan fingerprint density at radius 2 is 1.02 bits per heavy atom. The number of benzene rings is 2. The van der Waals surface area contributed by atoms with Crippen LogP contribution in [0.15, 0.2) is 60.7 Å². The van der Waals surface area contributed by atoms with Gasteiger partial charge < -0.3 is 42.3 Å². The van der Waals surface area contributed by atoms with Gasteiger partial charge >= 0.3 is 17.9 Å². The van der Waals surface area contributed by atoms with Gasteiger partial charge in [0, 0.05) is 25.7 Å². The van der Waals surface area contributed by atoms with Gasteiger partial charge in [0.15, 0.2) is 0 Å². The number of carbonyl (C=O) groups excluding carboxylic acids is 4. The highest BCUT2D eigenvalue weighted by Gasteiger charge is 2.33. The zero-order valence-electron chi connectivity index (χ0n) is 27.5. The standard InChI is InChI=1S/C34H45N5O10/c1-3-20(2)29(34(48)49)39-33(47)26(19-22-12-8-5-9-13-22)38-32(46)25(18-21-10-6-4-7-11-21)37-31(45)24(15-17-28(42)43)36-30(44)23(35)14-16-27(40)41/h4-13,20,23-26,29H,3,14-19,35H2,1-2H3,(H,36,44)(H,37,45)(H,38,46)(H,39,47)(H,40,41)(H,42,43)(H,48,49)/t20-,23-,24-,25-,26-,29-/m0/s1. The summed E-state index contributed by atoms with van der Waals surface area (Å²) in [5, 5.41) is 38.0. The van der Waals surface area contributed by atoms with Crippen LogP contribution in [0.4, 0.5) is 0 Å². The lowest BCUT2D eigenvalue weighted by atomic mass is 9.97. The minimum atomic E-state index is -1.46. The number of hydrogen-bond donors (Lipinski definition) is 8. The number of carbonyl (C=O) groups is 7. The Kier molecular flexibility index (Phi) is 16.4. The second-order valence-electron chi connectivity index (χ2n) is 11.7. The van der Waals surface area contributed by atoms with Crippen LogP contribution in [0.2, 0.25) is 0 Å². The summed E-state index contributed by atoms with van der Waals surface area (Å²) in [5.41, 5.74) is 7.07. The predicted molar refractivity (Wildman–Crippen MR) is 177 cm³/mol. The van der Waals surface area contributed by atoms with Gasteiger partial charge in [0.05, 0.1) is 6.04 Å². The van der Waals surface area contributed by atoms with E-state index in [1.54, 1.807) is 74.5 Å². The second-order valence-corrected chi connectivity index (χ2v) is 11.7. The molecule has 0 aliphatic rings. The van der Waals surface area contributed by atoms with Crippen molar-refractivity contribution in [3.05, 3.63) is 71.8 Å². The summed E-state index contributed by atoms with van der Waals surface area (Å²) in [6.45, 7) is 3.45. The summed E-state index contributed by atoms with van der Waals surface area (Å²) in [6, 6.07) is 10.7. The van der Waals surface area contributed by atoms with Crippen molar-refractivity contribution in [1.29, 1.82) is 0 Å². The molecule has 0 heterocycles. The van der Waals surface area contributed by atoms with Crippen molar-refractivity contribution in [2.75, 3.05) is 0 Å². The molecule has 0 bridgehead atoms. The largest absolute Gasteiger partial charge is 0.481 e. The molecule has 266 valence electrons. The quantitative estimate of drug-likeness (QED) is 0.0904. The molecule has 0 spiro atoms. The molecule has 0 aliphatic carbocycles. The van der Waals surface area contributed by atoms with Crippen LogP contribution in [-0.4, -0.2) is 87.1 Å². The highest BCUT2D eigenvalue weighted by Crippen LogP contribution is 2.12. The number of amides is 4. The zero-order chi connectivity index (χ0) is 36.5. The molecule has 0 unspecified atom stereocenters. The number of carboxylic acid groups (broad SMARTS) is 3. The van der Waals surface area contributed by atoms with Crippen molar-refractivity contribution in [1.82, 2.24) is 21.3 Å². The van der Waals surface area contributed by atoms with Gasteiger partial charge in [0.25, 0.3) is 0 Å². The minimum Gasteiger partial charge on any atom is -0.481 e. The molecule has 0 saturated carbocycles. The number of hydrogen-bond acceptors (Lipinski definition) is 8. The van der Waals surface area contributed by atoms with Crippen LogP contribution in [0.25, 0.3) is 0 Å². The monoisotopic (exact) mass is 683 g/mol. The Morgan fingerprint density at radius 1 is 0.612 bits per heavy atom. The van der Waals surface area contributed by atoms with Gasteiger partial charge in [-0.1, -0.05) is 80.9 Å². The highest BCUT2D eigenvalue weighted by molar-refractivity contribution is 5.96. The summed E-state index contributed by atoms with van der Waals surface area (Å²) < 4.78 is 0. The Labute approximate surface area is 284 Å². The molecule has 2 aromatic rings. The van der Waals surface area contributed by atoms with E-state index < -0.39 is 90.5 Å². The molecule has 2 rings (SSSR count). The smallest absolute Gasteiger partial charge is 0.326 e.